The Morgan fingerprint density at radius 3 is 2.28 bits per heavy atom. The molecule has 0 bridgehead atoms. The summed E-state index contributed by atoms with van der Waals surface area (Å²) in [5.41, 5.74) is 2.32. The van der Waals surface area contributed by atoms with Crippen molar-refractivity contribution >= 4 is 40.6 Å². The Kier molecular flexibility index (Phi) is 5.32. The third-order valence-electron chi connectivity index (χ3n) is 4.10. The molecule has 0 unspecified atom stereocenters. The van der Waals surface area contributed by atoms with Crippen molar-refractivity contribution in [3.05, 3.63) is 58.1 Å². The SMILES string of the molecule is N#Cc1ccc(N2CCN(C(=O)Nc3ccc(Cl)c(Cl)c3)CC2)cc1. The first-order valence-electron chi connectivity index (χ1n) is 7.83. The fourth-order valence-electron chi connectivity index (χ4n) is 2.69. The van der Waals surface area contributed by atoms with Crippen LogP contribution >= 0.6 is 23.2 Å². The fourth-order valence-corrected chi connectivity index (χ4v) is 2.99. The first kappa shape index (κ1) is 17.4. The van der Waals surface area contributed by atoms with E-state index in [2.05, 4.69) is 16.3 Å². The average molecular weight is 375 g/mol. The predicted molar refractivity (Wildman–Crippen MR) is 100 cm³/mol. The van der Waals surface area contributed by atoms with Gasteiger partial charge in [0.25, 0.3) is 0 Å². The zero-order chi connectivity index (χ0) is 17.8. The second kappa shape index (κ2) is 7.64. The van der Waals surface area contributed by atoms with E-state index in [9.17, 15) is 4.79 Å². The molecule has 5 nitrogen and oxygen atoms in total. The molecule has 0 aromatic heterocycles. The van der Waals surface area contributed by atoms with Crippen molar-refractivity contribution in [1.29, 1.82) is 5.26 Å². The lowest BCUT2D eigenvalue weighted by molar-refractivity contribution is 0.208. The molecule has 2 amide bonds. The smallest absolute Gasteiger partial charge is 0.321 e. The Hall–Kier alpha value is -2.42. The van der Waals surface area contributed by atoms with Gasteiger partial charge in [0.2, 0.25) is 0 Å². The van der Waals surface area contributed by atoms with Crippen LogP contribution < -0.4 is 10.2 Å². The van der Waals surface area contributed by atoms with E-state index >= 15 is 0 Å². The summed E-state index contributed by atoms with van der Waals surface area (Å²) in [6.45, 7) is 2.71. The maximum absolute atomic E-state index is 12.4. The second-order valence-electron chi connectivity index (χ2n) is 5.69. The van der Waals surface area contributed by atoms with Gasteiger partial charge in [-0.1, -0.05) is 23.2 Å². The minimum atomic E-state index is -0.155. The van der Waals surface area contributed by atoms with Gasteiger partial charge in [-0.15, -0.1) is 0 Å². The molecule has 1 heterocycles. The van der Waals surface area contributed by atoms with Crippen LogP contribution in [0.25, 0.3) is 0 Å². The van der Waals surface area contributed by atoms with Crippen LogP contribution in [0.5, 0.6) is 0 Å². The molecular formula is C18H16Cl2N4O. The maximum atomic E-state index is 12.4. The van der Waals surface area contributed by atoms with Gasteiger partial charge in [0, 0.05) is 37.6 Å². The van der Waals surface area contributed by atoms with E-state index in [0.717, 1.165) is 18.8 Å². The van der Waals surface area contributed by atoms with Crippen molar-refractivity contribution in [2.75, 3.05) is 36.4 Å². The first-order chi connectivity index (χ1) is 12.1. The third-order valence-corrected chi connectivity index (χ3v) is 4.84. The molecule has 0 atom stereocenters. The summed E-state index contributed by atoms with van der Waals surface area (Å²) in [6, 6.07) is 14.4. The van der Waals surface area contributed by atoms with Gasteiger partial charge in [-0.3, -0.25) is 0 Å². The highest BCUT2D eigenvalue weighted by atomic mass is 35.5. The van der Waals surface area contributed by atoms with Crippen molar-refractivity contribution in [1.82, 2.24) is 4.90 Å². The second-order valence-corrected chi connectivity index (χ2v) is 6.51. The zero-order valence-electron chi connectivity index (χ0n) is 13.4. The van der Waals surface area contributed by atoms with Crippen molar-refractivity contribution in [3.63, 3.8) is 0 Å². The molecule has 25 heavy (non-hydrogen) atoms. The van der Waals surface area contributed by atoms with Crippen LogP contribution in [0.15, 0.2) is 42.5 Å². The number of hydrogen-bond donors (Lipinski definition) is 1. The number of anilines is 2. The average Bonchev–Trinajstić information content (AvgIpc) is 2.65. The minimum Gasteiger partial charge on any atom is -0.368 e. The molecule has 3 rings (SSSR count). The summed E-state index contributed by atoms with van der Waals surface area (Å²) < 4.78 is 0. The summed E-state index contributed by atoms with van der Waals surface area (Å²) in [4.78, 5) is 16.3. The van der Waals surface area contributed by atoms with Gasteiger partial charge >= 0.3 is 6.03 Å². The molecule has 2 aromatic rings. The van der Waals surface area contributed by atoms with Crippen LogP contribution in [0.2, 0.25) is 10.0 Å². The van der Waals surface area contributed by atoms with E-state index in [1.54, 1.807) is 35.2 Å². The highest BCUT2D eigenvalue weighted by Gasteiger charge is 2.21. The van der Waals surface area contributed by atoms with Crippen molar-refractivity contribution in [3.8, 4) is 6.07 Å². The number of benzene rings is 2. The van der Waals surface area contributed by atoms with E-state index in [4.69, 9.17) is 28.5 Å². The monoisotopic (exact) mass is 374 g/mol. The van der Waals surface area contributed by atoms with Crippen molar-refractivity contribution < 1.29 is 4.79 Å². The standard InChI is InChI=1S/C18H16Cl2N4O/c19-16-6-3-14(11-17(16)20)22-18(25)24-9-7-23(8-10-24)15-4-1-13(12-21)2-5-15/h1-6,11H,7-10H2,(H,22,25). The molecule has 0 aliphatic carbocycles. The van der Waals surface area contributed by atoms with Gasteiger partial charge in [-0.05, 0) is 42.5 Å². The molecule has 0 saturated carbocycles. The molecule has 7 heteroatoms. The first-order valence-corrected chi connectivity index (χ1v) is 8.58. The van der Waals surface area contributed by atoms with E-state index in [-0.39, 0.29) is 6.03 Å². The van der Waals surface area contributed by atoms with Crippen LogP contribution in [0, 0.1) is 11.3 Å². The summed E-state index contributed by atoms with van der Waals surface area (Å²) in [6.07, 6.45) is 0. The van der Waals surface area contributed by atoms with Crippen LogP contribution in [0.1, 0.15) is 5.56 Å². The largest absolute Gasteiger partial charge is 0.368 e. The topological polar surface area (TPSA) is 59.4 Å². The molecule has 1 aliphatic rings. The molecule has 0 radical (unpaired) electrons. The van der Waals surface area contributed by atoms with E-state index in [1.165, 1.54) is 0 Å². The molecule has 1 N–H and O–H groups in total. The van der Waals surface area contributed by atoms with Gasteiger partial charge in [0.1, 0.15) is 0 Å². The Balaban J connectivity index is 1.56. The highest BCUT2D eigenvalue weighted by Crippen LogP contribution is 2.25. The van der Waals surface area contributed by atoms with Crippen LogP contribution in [-0.4, -0.2) is 37.1 Å². The number of nitrogens with zero attached hydrogens (tertiary/aromatic N) is 3. The number of piperazine rings is 1. The summed E-state index contributed by atoms with van der Waals surface area (Å²) >= 11 is 11.8. The van der Waals surface area contributed by atoms with Crippen LogP contribution in [-0.2, 0) is 0 Å². The molecule has 2 aromatic carbocycles. The lowest BCUT2D eigenvalue weighted by Gasteiger charge is -2.36. The maximum Gasteiger partial charge on any atom is 0.321 e. The number of urea groups is 1. The lowest BCUT2D eigenvalue weighted by atomic mass is 10.2. The zero-order valence-corrected chi connectivity index (χ0v) is 14.9. The number of nitriles is 1. The number of halogens is 2. The Morgan fingerprint density at radius 1 is 1.00 bits per heavy atom. The summed E-state index contributed by atoms with van der Waals surface area (Å²) in [5, 5.41) is 12.6. The molecule has 0 spiro atoms. The fraction of sp³-hybridized carbons (Fsp3) is 0.222. The quantitative estimate of drug-likeness (QED) is 0.855. The number of carbonyl (C=O) groups excluding carboxylic acids is 1. The minimum absolute atomic E-state index is 0.155. The number of rotatable bonds is 2. The number of carbonyl (C=O) groups is 1. The summed E-state index contributed by atoms with van der Waals surface area (Å²) in [5.74, 6) is 0. The van der Waals surface area contributed by atoms with Gasteiger partial charge in [0.05, 0.1) is 21.7 Å². The Morgan fingerprint density at radius 2 is 1.68 bits per heavy atom. The van der Waals surface area contributed by atoms with Gasteiger partial charge in [-0.2, -0.15) is 5.26 Å². The van der Waals surface area contributed by atoms with Gasteiger partial charge < -0.3 is 15.1 Å². The number of amides is 2. The normalized spacial score (nSPS) is 14.1. The van der Waals surface area contributed by atoms with Crippen LogP contribution in [0.4, 0.5) is 16.2 Å². The molecule has 1 fully saturated rings. The Labute approximate surface area is 156 Å². The lowest BCUT2D eigenvalue weighted by Crippen LogP contribution is -2.50. The molecule has 1 saturated heterocycles. The van der Waals surface area contributed by atoms with Crippen LogP contribution in [0.3, 0.4) is 0 Å². The summed E-state index contributed by atoms with van der Waals surface area (Å²) in [7, 11) is 0. The number of nitrogens with one attached hydrogen (secondary N) is 1. The van der Waals surface area contributed by atoms with E-state index < -0.39 is 0 Å². The predicted octanol–water partition coefficient (Wildman–Crippen LogP) is 4.22. The molecular weight excluding hydrogens is 359 g/mol. The third kappa shape index (κ3) is 4.16. The molecule has 128 valence electrons. The van der Waals surface area contributed by atoms with Crippen molar-refractivity contribution in [2.24, 2.45) is 0 Å². The van der Waals surface area contributed by atoms with E-state index in [0.29, 0.717) is 34.4 Å². The van der Waals surface area contributed by atoms with Gasteiger partial charge in [0.15, 0.2) is 0 Å². The highest BCUT2D eigenvalue weighted by molar-refractivity contribution is 6.42. The van der Waals surface area contributed by atoms with Gasteiger partial charge in [-0.25, -0.2) is 4.79 Å². The Bertz CT molecular complexity index is 809. The molecule has 1 aliphatic heterocycles. The van der Waals surface area contributed by atoms with Crippen molar-refractivity contribution in [2.45, 2.75) is 0 Å². The van der Waals surface area contributed by atoms with E-state index in [1.807, 2.05) is 12.1 Å². The number of hydrogen-bond acceptors (Lipinski definition) is 3.